The summed E-state index contributed by atoms with van der Waals surface area (Å²) < 4.78 is 10.9. The van der Waals surface area contributed by atoms with Crippen molar-refractivity contribution in [2.75, 3.05) is 12.4 Å². The van der Waals surface area contributed by atoms with E-state index in [1.54, 1.807) is 18.0 Å². The Morgan fingerprint density at radius 2 is 2.05 bits per heavy atom. The highest BCUT2D eigenvalue weighted by molar-refractivity contribution is 7.99. The van der Waals surface area contributed by atoms with E-state index in [1.165, 1.54) is 0 Å². The van der Waals surface area contributed by atoms with Crippen LogP contribution in [0, 0.1) is 13.8 Å². The van der Waals surface area contributed by atoms with Crippen LogP contribution in [0.2, 0.25) is 0 Å². The maximum atomic E-state index is 12.4. The third-order valence-corrected chi connectivity index (χ3v) is 4.21. The van der Waals surface area contributed by atoms with Gasteiger partial charge in [0, 0.05) is 0 Å². The van der Waals surface area contributed by atoms with Crippen molar-refractivity contribution in [3.8, 4) is 5.75 Å². The zero-order valence-corrected chi connectivity index (χ0v) is 13.5. The number of carbonyl (C=O) groups is 1. The van der Waals surface area contributed by atoms with Crippen LogP contribution in [-0.4, -0.2) is 18.1 Å². The molecule has 0 fully saturated rings. The lowest BCUT2D eigenvalue weighted by molar-refractivity contribution is 0.101. The average molecular weight is 304 g/mol. The van der Waals surface area contributed by atoms with Crippen molar-refractivity contribution in [2.45, 2.75) is 26.5 Å². The lowest BCUT2D eigenvalue weighted by Gasteiger charge is -2.12. The van der Waals surface area contributed by atoms with E-state index in [4.69, 9.17) is 9.15 Å². The number of carbonyl (C=O) groups excluding carboxylic acids is 1. The van der Waals surface area contributed by atoms with Gasteiger partial charge in [0.05, 0.1) is 29.9 Å². The smallest absolute Gasteiger partial charge is 0.176 e. The van der Waals surface area contributed by atoms with Gasteiger partial charge in [0.15, 0.2) is 5.78 Å². The third-order valence-electron chi connectivity index (χ3n) is 3.25. The average Bonchev–Trinajstić information content (AvgIpc) is 2.96. The molecule has 0 N–H and O–H groups in total. The van der Waals surface area contributed by atoms with Crippen molar-refractivity contribution >= 4 is 17.5 Å². The normalized spacial score (nSPS) is 10.6. The van der Waals surface area contributed by atoms with E-state index >= 15 is 0 Å². The SMILES string of the molecule is CCOc1cc(C)c(C)cc1C(=O)CSCc1ccco1. The van der Waals surface area contributed by atoms with Gasteiger partial charge in [-0.05, 0) is 56.2 Å². The highest BCUT2D eigenvalue weighted by Gasteiger charge is 2.14. The van der Waals surface area contributed by atoms with E-state index in [1.807, 2.05) is 45.0 Å². The molecule has 0 spiro atoms. The fourth-order valence-electron chi connectivity index (χ4n) is 2.00. The molecule has 112 valence electrons. The number of hydrogen-bond donors (Lipinski definition) is 0. The number of ketones is 1. The molecule has 0 amide bonds. The lowest BCUT2D eigenvalue weighted by atomic mass is 10.0. The number of hydrogen-bond acceptors (Lipinski definition) is 4. The first kappa shape index (κ1) is 15.7. The Morgan fingerprint density at radius 1 is 1.29 bits per heavy atom. The molecule has 2 aromatic rings. The monoisotopic (exact) mass is 304 g/mol. The first-order valence-electron chi connectivity index (χ1n) is 6.99. The summed E-state index contributed by atoms with van der Waals surface area (Å²) in [6.45, 7) is 6.52. The van der Waals surface area contributed by atoms with Gasteiger partial charge < -0.3 is 9.15 Å². The van der Waals surface area contributed by atoms with Gasteiger partial charge in [0.1, 0.15) is 11.5 Å². The zero-order chi connectivity index (χ0) is 15.2. The van der Waals surface area contributed by atoms with Gasteiger partial charge in [-0.2, -0.15) is 0 Å². The van der Waals surface area contributed by atoms with Crippen molar-refractivity contribution in [2.24, 2.45) is 0 Å². The molecule has 0 radical (unpaired) electrons. The van der Waals surface area contributed by atoms with Crippen LogP contribution in [0.25, 0.3) is 0 Å². The van der Waals surface area contributed by atoms with Gasteiger partial charge in [-0.15, -0.1) is 11.8 Å². The second kappa shape index (κ2) is 7.36. The quantitative estimate of drug-likeness (QED) is 0.710. The second-order valence-electron chi connectivity index (χ2n) is 4.86. The Balaban J connectivity index is 2.05. The number of furan rings is 1. The lowest BCUT2D eigenvalue weighted by Crippen LogP contribution is -2.08. The standard InChI is InChI=1S/C17H20O3S/c1-4-19-17-9-13(3)12(2)8-15(17)16(18)11-21-10-14-6-5-7-20-14/h5-9H,4,10-11H2,1-3H3. The summed E-state index contributed by atoms with van der Waals surface area (Å²) in [6, 6.07) is 7.65. The summed E-state index contributed by atoms with van der Waals surface area (Å²) in [7, 11) is 0. The van der Waals surface area contributed by atoms with Crippen LogP contribution in [0.5, 0.6) is 5.75 Å². The second-order valence-corrected chi connectivity index (χ2v) is 5.85. The van der Waals surface area contributed by atoms with E-state index in [-0.39, 0.29) is 5.78 Å². The molecule has 1 aromatic heterocycles. The van der Waals surface area contributed by atoms with Crippen molar-refractivity contribution in [1.29, 1.82) is 0 Å². The fourth-order valence-corrected chi connectivity index (χ4v) is 2.81. The molecule has 2 rings (SSSR count). The first-order valence-corrected chi connectivity index (χ1v) is 8.14. The topological polar surface area (TPSA) is 39.4 Å². The Morgan fingerprint density at radius 3 is 2.71 bits per heavy atom. The molecule has 0 aliphatic heterocycles. The van der Waals surface area contributed by atoms with E-state index in [0.29, 0.717) is 29.4 Å². The molecular formula is C17H20O3S. The minimum atomic E-state index is 0.0955. The number of aryl methyl sites for hydroxylation is 2. The van der Waals surface area contributed by atoms with Gasteiger partial charge in [0.2, 0.25) is 0 Å². The van der Waals surface area contributed by atoms with E-state index in [9.17, 15) is 4.79 Å². The highest BCUT2D eigenvalue weighted by atomic mass is 32.2. The summed E-state index contributed by atoms with van der Waals surface area (Å²) in [5, 5.41) is 0. The molecule has 0 aliphatic carbocycles. The Bertz CT molecular complexity index is 603. The molecule has 0 bridgehead atoms. The molecular weight excluding hydrogens is 284 g/mol. The van der Waals surface area contributed by atoms with Crippen molar-refractivity contribution in [3.63, 3.8) is 0 Å². The van der Waals surface area contributed by atoms with Gasteiger partial charge in [-0.3, -0.25) is 4.79 Å². The van der Waals surface area contributed by atoms with Gasteiger partial charge in [-0.1, -0.05) is 0 Å². The number of ether oxygens (including phenoxy) is 1. The molecule has 0 atom stereocenters. The van der Waals surface area contributed by atoms with Crippen molar-refractivity contribution in [1.82, 2.24) is 0 Å². The zero-order valence-electron chi connectivity index (χ0n) is 12.6. The number of thioether (sulfide) groups is 1. The Hall–Kier alpha value is -1.68. The van der Waals surface area contributed by atoms with Gasteiger partial charge in [-0.25, -0.2) is 0 Å². The number of rotatable bonds is 7. The maximum absolute atomic E-state index is 12.4. The van der Waals surface area contributed by atoms with E-state index < -0.39 is 0 Å². The van der Waals surface area contributed by atoms with Gasteiger partial charge in [0.25, 0.3) is 0 Å². The summed E-state index contributed by atoms with van der Waals surface area (Å²) in [6.07, 6.45) is 1.65. The minimum absolute atomic E-state index is 0.0955. The number of Topliss-reactive ketones (excluding diaryl/α,β-unsaturated/α-hetero) is 1. The largest absolute Gasteiger partial charge is 0.493 e. The highest BCUT2D eigenvalue weighted by Crippen LogP contribution is 2.25. The molecule has 21 heavy (non-hydrogen) atoms. The van der Waals surface area contributed by atoms with E-state index in [2.05, 4.69) is 0 Å². The maximum Gasteiger partial charge on any atom is 0.176 e. The van der Waals surface area contributed by atoms with Crippen LogP contribution in [0.1, 0.15) is 34.2 Å². The molecule has 0 unspecified atom stereocenters. The van der Waals surface area contributed by atoms with Crippen LogP contribution in [0.4, 0.5) is 0 Å². The predicted octanol–water partition coefficient (Wildman–Crippen LogP) is 4.41. The van der Waals surface area contributed by atoms with Crippen LogP contribution >= 0.6 is 11.8 Å². The Labute approximate surface area is 129 Å². The minimum Gasteiger partial charge on any atom is -0.493 e. The summed E-state index contributed by atoms with van der Waals surface area (Å²) in [5.41, 5.74) is 2.92. The summed E-state index contributed by atoms with van der Waals surface area (Å²) in [5.74, 6) is 2.79. The summed E-state index contributed by atoms with van der Waals surface area (Å²) in [4.78, 5) is 12.4. The Kier molecular flexibility index (Phi) is 5.51. The predicted molar refractivity (Wildman–Crippen MR) is 86.3 cm³/mol. The number of benzene rings is 1. The van der Waals surface area contributed by atoms with Crippen LogP contribution in [0.3, 0.4) is 0 Å². The molecule has 0 saturated carbocycles. The molecule has 1 heterocycles. The summed E-state index contributed by atoms with van der Waals surface area (Å²) >= 11 is 1.55. The molecule has 3 nitrogen and oxygen atoms in total. The molecule has 4 heteroatoms. The van der Waals surface area contributed by atoms with Crippen molar-refractivity contribution < 1.29 is 13.9 Å². The van der Waals surface area contributed by atoms with Crippen LogP contribution in [-0.2, 0) is 5.75 Å². The first-order chi connectivity index (χ1) is 10.1. The molecule has 0 aliphatic rings. The molecule has 1 aromatic carbocycles. The van der Waals surface area contributed by atoms with Crippen molar-refractivity contribution in [3.05, 3.63) is 53.0 Å². The third kappa shape index (κ3) is 4.14. The van der Waals surface area contributed by atoms with Crippen LogP contribution < -0.4 is 4.74 Å². The molecule has 0 saturated heterocycles. The fraction of sp³-hybridized carbons (Fsp3) is 0.353. The van der Waals surface area contributed by atoms with Crippen LogP contribution in [0.15, 0.2) is 34.9 Å². The van der Waals surface area contributed by atoms with E-state index in [0.717, 1.165) is 16.9 Å². The van der Waals surface area contributed by atoms with Gasteiger partial charge >= 0.3 is 0 Å².